The fourth-order valence-corrected chi connectivity index (χ4v) is 3.66. The van der Waals surface area contributed by atoms with Gasteiger partial charge in [0.1, 0.15) is 0 Å². The van der Waals surface area contributed by atoms with Gasteiger partial charge in [0.05, 0.1) is 12.7 Å². The number of ether oxygens (including phenoxy) is 3. The standard InChI is InChI=1S/C17H23BO4/c1-16(2)8-18(9-17(16,3)4)12-7-14-13(21-10-22-14)6-11(12)15(19)20-5/h6-7H,8-10H2,1-5H3. The fraction of sp³-hybridized carbons (Fsp3) is 0.588. The van der Waals surface area contributed by atoms with Crippen LogP contribution in [0.15, 0.2) is 12.1 Å². The molecule has 0 saturated carbocycles. The number of hydrogen-bond donors (Lipinski definition) is 0. The molecule has 0 amide bonds. The van der Waals surface area contributed by atoms with E-state index in [0.29, 0.717) is 18.0 Å². The topological polar surface area (TPSA) is 44.8 Å². The molecule has 0 aromatic heterocycles. The van der Waals surface area contributed by atoms with Crippen LogP contribution in [-0.2, 0) is 4.74 Å². The van der Waals surface area contributed by atoms with E-state index < -0.39 is 0 Å². The van der Waals surface area contributed by atoms with E-state index in [-0.39, 0.29) is 23.6 Å². The number of carbonyl (C=O) groups is 1. The number of esters is 1. The van der Waals surface area contributed by atoms with Crippen LogP contribution in [-0.4, -0.2) is 26.6 Å². The van der Waals surface area contributed by atoms with Crippen molar-refractivity contribution in [2.24, 2.45) is 10.8 Å². The van der Waals surface area contributed by atoms with E-state index in [0.717, 1.165) is 23.9 Å². The molecular weight excluding hydrogens is 279 g/mol. The molecule has 22 heavy (non-hydrogen) atoms. The Morgan fingerprint density at radius 2 is 1.64 bits per heavy atom. The average molecular weight is 302 g/mol. The van der Waals surface area contributed by atoms with Gasteiger partial charge in [-0.1, -0.05) is 45.8 Å². The van der Waals surface area contributed by atoms with Crippen molar-refractivity contribution in [1.82, 2.24) is 0 Å². The smallest absolute Gasteiger partial charge is 0.337 e. The second-order valence-corrected chi connectivity index (χ2v) is 7.66. The quantitative estimate of drug-likeness (QED) is 0.622. The lowest BCUT2D eigenvalue weighted by molar-refractivity contribution is 0.0601. The lowest BCUT2D eigenvalue weighted by Gasteiger charge is -2.35. The molecule has 0 bridgehead atoms. The highest BCUT2D eigenvalue weighted by Gasteiger charge is 2.49. The summed E-state index contributed by atoms with van der Waals surface area (Å²) in [5.74, 6) is 1.04. The summed E-state index contributed by atoms with van der Waals surface area (Å²) in [7, 11) is 1.42. The molecule has 118 valence electrons. The van der Waals surface area contributed by atoms with Crippen LogP contribution in [0.3, 0.4) is 0 Å². The minimum Gasteiger partial charge on any atom is -0.465 e. The van der Waals surface area contributed by atoms with Crippen molar-refractivity contribution in [2.45, 2.75) is 40.3 Å². The Kier molecular flexibility index (Phi) is 3.42. The second kappa shape index (κ2) is 4.93. The van der Waals surface area contributed by atoms with Crippen LogP contribution in [0, 0.1) is 10.8 Å². The largest absolute Gasteiger partial charge is 0.465 e. The summed E-state index contributed by atoms with van der Waals surface area (Å²) in [4.78, 5) is 12.2. The molecule has 0 unspecified atom stereocenters. The predicted octanol–water partition coefficient (Wildman–Crippen LogP) is 2.97. The van der Waals surface area contributed by atoms with Gasteiger partial charge in [0.15, 0.2) is 18.2 Å². The third kappa shape index (κ3) is 2.27. The summed E-state index contributed by atoms with van der Waals surface area (Å²) in [6, 6.07) is 3.73. The molecule has 1 aromatic carbocycles. The second-order valence-electron chi connectivity index (χ2n) is 7.66. The predicted molar refractivity (Wildman–Crippen MR) is 86.5 cm³/mol. The third-order valence-electron chi connectivity index (χ3n) is 5.74. The van der Waals surface area contributed by atoms with Crippen molar-refractivity contribution in [2.75, 3.05) is 13.9 Å². The Morgan fingerprint density at radius 1 is 1.09 bits per heavy atom. The monoisotopic (exact) mass is 302 g/mol. The molecular formula is C17H23BO4. The number of rotatable bonds is 2. The van der Waals surface area contributed by atoms with Gasteiger partial charge < -0.3 is 14.2 Å². The highest BCUT2D eigenvalue weighted by Crippen LogP contribution is 2.53. The highest BCUT2D eigenvalue weighted by molar-refractivity contribution is 6.75. The first-order valence-electron chi connectivity index (χ1n) is 7.77. The van der Waals surface area contributed by atoms with Crippen molar-refractivity contribution in [3.05, 3.63) is 17.7 Å². The highest BCUT2D eigenvalue weighted by atomic mass is 16.7. The zero-order valence-electron chi connectivity index (χ0n) is 14.0. The fourth-order valence-electron chi connectivity index (χ4n) is 3.66. The van der Waals surface area contributed by atoms with E-state index in [4.69, 9.17) is 14.2 Å². The first-order chi connectivity index (χ1) is 10.2. The van der Waals surface area contributed by atoms with E-state index in [9.17, 15) is 4.79 Å². The van der Waals surface area contributed by atoms with Crippen LogP contribution in [0.4, 0.5) is 0 Å². The van der Waals surface area contributed by atoms with Gasteiger partial charge in [-0.25, -0.2) is 4.79 Å². The van der Waals surface area contributed by atoms with E-state index in [1.54, 1.807) is 6.07 Å². The Morgan fingerprint density at radius 3 is 2.18 bits per heavy atom. The van der Waals surface area contributed by atoms with Gasteiger partial charge in [-0.15, -0.1) is 0 Å². The maximum absolute atomic E-state index is 12.2. The van der Waals surface area contributed by atoms with Crippen LogP contribution in [0.5, 0.6) is 11.5 Å². The number of hydrogen-bond acceptors (Lipinski definition) is 4. The van der Waals surface area contributed by atoms with E-state index in [1.165, 1.54) is 7.11 Å². The van der Waals surface area contributed by atoms with E-state index >= 15 is 0 Å². The minimum atomic E-state index is -0.309. The zero-order chi connectivity index (χ0) is 16.1. The zero-order valence-corrected chi connectivity index (χ0v) is 14.0. The molecule has 5 heteroatoms. The molecule has 2 aliphatic heterocycles. The van der Waals surface area contributed by atoms with Crippen molar-refractivity contribution >= 4 is 18.1 Å². The molecule has 1 fully saturated rings. The molecule has 2 aliphatic rings. The molecule has 0 aliphatic carbocycles. The Hall–Kier alpha value is -1.65. The van der Waals surface area contributed by atoms with Crippen LogP contribution in [0.2, 0.25) is 12.6 Å². The molecule has 4 nitrogen and oxygen atoms in total. The molecule has 3 rings (SSSR count). The lowest BCUT2D eigenvalue weighted by atomic mass is 9.41. The third-order valence-corrected chi connectivity index (χ3v) is 5.74. The number of fused-ring (bicyclic) bond motifs is 1. The summed E-state index contributed by atoms with van der Waals surface area (Å²) >= 11 is 0. The molecule has 0 atom stereocenters. The van der Waals surface area contributed by atoms with Gasteiger partial charge in [0.2, 0.25) is 6.79 Å². The Labute approximate surface area is 132 Å². The molecule has 0 spiro atoms. The molecule has 1 saturated heterocycles. The summed E-state index contributed by atoms with van der Waals surface area (Å²) in [6.07, 6.45) is 2.09. The minimum absolute atomic E-state index is 0.209. The Bertz CT molecular complexity index is 605. The van der Waals surface area contributed by atoms with Crippen LogP contribution >= 0.6 is 0 Å². The van der Waals surface area contributed by atoms with Crippen molar-refractivity contribution in [3.8, 4) is 11.5 Å². The lowest BCUT2D eigenvalue weighted by Crippen LogP contribution is -2.33. The van der Waals surface area contributed by atoms with Gasteiger partial charge >= 0.3 is 5.97 Å². The molecule has 0 N–H and O–H groups in total. The van der Waals surface area contributed by atoms with Gasteiger partial charge in [-0.2, -0.15) is 0 Å². The summed E-state index contributed by atoms with van der Waals surface area (Å²) < 4.78 is 15.9. The summed E-state index contributed by atoms with van der Waals surface area (Å²) in [5, 5.41) is 0. The first kappa shape index (κ1) is 15.3. The molecule has 0 radical (unpaired) electrons. The van der Waals surface area contributed by atoms with E-state index in [1.807, 2.05) is 6.07 Å². The number of methoxy groups -OCH3 is 1. The van der Waals surface area contributed by atoms with Gasteiger partial charge in [0, 0.05) is 0 Å². The van der Waals surface area contributed by atoms with Gasteiger partial charge in [0.25, 0.3) is 0 Å². The summed E-state index contributed by atoms with van der Waals surface area (Å²) in [6.45, 7) is 9.75. The maximum Gasteiger partial charge on any atom is 0.337 e. The number of benzene rings is 1. The number of carbonyl (C=O) groups excluding carboxylic acids is 1. The molecule has 2 heterocycles. The van der Waals surface area contributed by atoms with Gasteiger partial charge in [-0.05, 0) is 23.0 Å². The van der Waals surface area contributed by atoms with Crippen LogP contribution in [0.25, 0.3) is 0 Å². The van der Waals surface area contributed by atoms with Crippen LogP contribution in [0.1, 0.15) is 38.1 Å². The SMILES string of the molecule is COC(=O)c1cc2c(cc1B1CC(C)(C)C(C)(C)C1)OCO2. The maximum atomic E-state index is 12.2. The first-order valence-corrected chi connectivity index (χ1v) is 7.77. The van der Waals surface area contributed by atoms with Crippen LogP contribution < -0.4 is 14.9 Å². The normalized spacial score (nSPS) is 21.0. The summed E-state index contributed by atoms with van der Waals surface area (Å²) in [5.41, 5.74) is 2.07. The molecule has 1 aromatic rings. The van der Waals surface area contributed by atoms with Crippen molar-refractivity contribution in [3.63, 3.8) is 0 Å². The van der Waals surface area contributed by atoms with Crippen molar-refractivity contribution in [1.29, 1.82) is 0 Å². The average Bonchev–Trinajstić information content (AvgIpc) is 2.98. The van der Waals surface area contributed by atoms with E-state index in [2.05, 4.69) is 27.7 Å². The van der Waals surface area contributed by atoms with Crippen molar-refractivity contribution < 1.29 is 19.0 Å². The van der Waals surface area contributed by atoms with Gasteiger partial charge in [-0.3, -0.25) is 0 Å². The Balaban J connectivity index is 2.05.